The van der Waals surface area contributed by atoms with E-state index in [2.05, 4.69) is 0 Å². The zero-order valence-electron chi connectivity index (χ0n) is 33.2. The molecule has 0 fully saturated rings. The molecule has 2 aliphatic heterocycles. The number of benzene rings is 6. The summed E-state index contributed by atoms with van der Waals surface area (Å²) < 4.78 is 140. The van der Waals surface area contributed by atoms with Crippen LogP contribution in [-0.2, 0) is 39.3 Å². The summed E-state index contributed by atoms with van der Waals surface area (Å²) in [6.45, 7) is 7.43. The van der Waals surface area contributed by atoms with E-state index in [9.17, 15) is 33.7 Å². The molecule has 0 N–H and O–H groups in total. The number of hydrogen-bond donors (Lipinski definition) is 0. The molecule has 0 bridgehead atoms. The summed E-state index contributed by atoms with van der Waals surface area (Å²) in [4.78, 5) is -0.349. The molecule has 0 saturated carbocycles. The van der Waals surface area contributed by atoms with Gasteiger partial charge >= 0.3 is 17.2 Å². The van der Waals surface area contributed by atoms with Crippen molar-refractivity contribution < 1.29 is 60.8 Å². The molecule has 0 saturated heterocycles. The smallest absolute Gasteiger partial charge is 0.408 e. The molecule has 0 radical (unpaired) electrons. The van der Waals surface area contributed by atoms with Crippen molar-refractivity contribution in [3.05, 3.63) is 95.1 Å². The van der Waals surface area contributed by atoms with Crippen molar-refractivity contribution in [3.8, 4) is 45.6 Å². The average molecular weight is 931 g/mol. The second-order valence-corrected chi connectivity index (χ2v) is 24.9. The molecule has 6 aromatic rings. The maximum atomic E-state index is 12.7. The quantitative estimate of drug-likeness (QED) is 0.125. The monoisotopic (exact) mass is 930 g/mol. The Labute approximate surface area is 350 Å². The van der Waals surface area contributed by atoms with Crippen molar-refractivity contribution >= 4 is 78.1 Å². The number of hydrogen-bond acceptors (Lipinski definition) is 14. The molecule has 0 aliphatic carbocycles. The lowest BCUT2D eigenvalue weighted by atomic mass is 9.95. The first-order chi connectivity index (χ1) is 27.8. The van der Waals surface area contributed by atoms with Crippen LogP contribution < -0.4 is 27.1 Å². The fraction of sp³-hybridized carbons (Fsp3) is 0.200. The minimum atomic E-state index is -3.76. The normalized spacial score (nSPS) is 14.6. The standard InChI is InChI=1S/C40H36O14P2S4/c1-21-9-23(3)39(53-55-49-33-17-27(57(5,41)42)13-25-14-28(58(6,43)44)18-34(50-55)37(25)33)31(11-21)32-12-22(2)10-24(4)40(32)54-56-51-35-19-29(59(7,45)46)15-26-16-30(60(8,47)48)20-36(52-56)38(26)35/h9-20H,1-8H3. The van der Waals surface area contributed by atoms with Gasteiger partial charge in [-0.2, -0.15) is 0 Å². The van der Waals surface area contributed by atoms with Gasteiger partial charge in [-0.05, 0) is 97.1 Å². The molecule has 6 aromatic carbocycles. The first-order valence-corrected chi connectivity index (χ1v) is 27.5. The molecule has 0 aromatic heterocycles. The Morgan fingerprint density at radius 1 is 0.400 bits per heavy atom. The third-order valence-electron chi connectivity index (χ3n) is 9.71. The van der Waals surface area contributed by atoms with Crippen molar-refractivity contribution in [2.45, 2.75) is 47.3 Å². The van der Waals surface area contributed by atoms with E-state index in [1.807, 2.05) is 52.0 Å². The molecule has 0 atom stereocenters. The highest BCUT2D eigenvalue weighted by atomic mass is 32.2. The minimum Gasteiger partial charge on any atom is -0.408 e. The van der Waals surface area contributed by atoms with E-state index in [4.69, 9.17) is 27.1 Å². The molecule has 14 nitrogen and oxygen atoms in total. The van der Waals surface area contributed by atoms with Gasteiger partial charge in [0.05, 0.1) is 30.4 Å². The molecular formula is C40H36O14P2S4. The molecule has 2 heterocycles. The lowest BCUT2D eigenvalue weighted by Crippen LogP contribution is -2.11. The average Bonchev–Trinajstić information content (AvgIpc) is 3.11. The fourth-order valence-corrected chi connectivity index (χ4v) is 11.9. The molecule has 314 valence electrons. The summed E-state index contributed by atoms with van der Waals surface area (Å²) in [5.41, 5.74) is 4.08. The van der Waals surface area contributed by atoms with E-state index >= 15 is 0 Å². The van der Waals surface area contributed by atoms with Crippen molar-refractivity contribution in [1.82, 2.24) is 0 Å². The third-order valence-corrected chi connectivity index (χ3v) is 16.1. The Morgan fingerprint density at radius 3 is 0.917 bits per heavy atom. The molecule has 0 unspecified atom stereocenters. The molecule has 0 amide bonds. The first kappa shape index (κ1) is 42.0. The Hall–Kier alpha value is -4.70. The van der Waals surface area contributed by atoms with Crippen LogP contribution in [0.15, 0.2) is 92.4 Å². The van der Waals surface area contributed by atoms with Gasteiger partial charge in [0, 0.05) is 60.4 Å². The Balaban J connectivity index is 1.21. The van der Waals surface area contributed by atoms with Crippen molar-refractivity contribution in [3.63, 3.8) is 0 Å². The zero-order valence-corrected chi connectivity index (χ0v) is 38.2. The van der Waals surface area contributed by atoms with E-state index in [0.717, 1.165) is 36.1 Å². The molecule has 60 heavy (non-hydrogen) atoms. The van der Waals surface area contributed by atoms with Gasteiger partial charge in [0.25, 0.3) is 0 Å². The molecule has 0 spiro atoms. The highest BCUT2D eigenvalue weighted by Crippen LogP contribution is 2.58. The second kappa shape index (κ2) is 14.5. The van der Waals surface area contributed by atoms with Crippen LogP contribution >= 0.6 is 17.2 Å². The van der Waals surface area contributed by atoms with Gasteiger partial charge in [-0.1, -0.05) is 12.1 Å². The molecule has 20 heteroatoms. The summed E-state index contributed by atoms with van der Waals surface area (Å²) in [6.07, 6.45) is 4.15. The van der Waals surface area contributed by atoms with Crippen LogP contribution in [0.5, 0.6) is 34.5 Å². The Bertz CT molecular complexity index is 2960. The third kappa shape index (κ3) is 7.96. The van der Waals surface area contributed by atoms with Gasteiger partial charge < -0.3 is 27.1 Å². The number of rotatable bonds is 9. The van der Waals surface area contributed by atoms with Gasteiger partial charge in [-0.15, -0.1) is 0 Å². The largest absolute Gasteiger partial charge is 0.530 e. The summed E-state index contributed by atoms with van der Waals surface area (Å²) in [7, 11) is -19.8. The van der Waals surface area contributed by atoms with Crippen molar-refractivity contribution in [1.29, 1.82) is 0 Å². The molecule has 8 rings (SSSR count). The summed E-state index contributed by atoms with van der Waals surface area (Å²) in [5, 5.41) is 1.33. The predicted octanol–water partition coefficient (Wildman–Crippen LogP) is 8.66. The Morgan fingerprint density at radius 2 is 0.667 bits per heavy atom. The van der Waals surface area contributed by atoms with Crippen LogP contribution in [0.2, 0.25) is 0 Å². The van der Waals surface area contributed by atoms with E-state index < -0.39 is 56.6 Å². The van der Waals surface area contributed by atoms with Crippen LogP contribution in [-0.4, -0.2) is 58.7 Å². The van der Waals surface area contributed by atoms with Gasteiger partial charge in [0.1, 0.15) is 34.5 Å². The maximum absolute atomic E-state index is 12.7. The lowest BCUT2D eigenvalue weighted by molar-refractivity contribution is 0.376. The van der Waals surface area contributed by atoms with Crippen LogP contribution in [0.1, 0.15) is 22.3 Å². The van der Waals surface area contributed by atoms with Gasteiger partial charge in [-0.3, -0.25) is 0 Å². The van der Waals surface area contributed by atoms with Gasteiger partial charge in [0.15, 0.2) is 39.3 Å². The maximum Gasteiger partial charge on any atom is 0.530 e. The molecular weight excluding hydrogens is 895 g/mol. The highest BCUT2D eigenvalue weighted by Gasteiger charge is 2.35. The topological polar surface area (TPSA) is 192 Å². The zero-order chi connectivity index (χ0) is 43.4. The highest BCUT2D eigenvalue weighted by molar-refractivity contribution is 7.91. The summed E-state index contributed by atoms with van der Waals surface area (Å²) in [6, 6.07) is 18.4. The molecule has 2 aliphatic rings. The van der Waals surface area contributed by atoms with Crippen LogP contribution in [0.25, 0.3) is 32.7 Å². The van der Waals surface area contributed by atoms with E-state index in [0.29, 0.717) is 44.5 Å². The van der Waals surface area contributed by atoms with Crippen molar-refractivity contribution in [2.24, 2.45) is 0 Å². The first-order valence-electron chi connectivity index (χ1n) is 17.8. The van der Waals surface area contributed by atoms with Crippen LogP contribution in [0.4, 0.5) is 0 Å². The lowest BCUT2D eigenvalue weighted by Gasteiger charge is -2.28. The van der Waals surface area contributed by atoms with Crippen LogP contribution in [0, 0.1) is 27.7 Å². The number of sulfone groups is 4. The SMILES string of the molecule is Cc1cc(C)c(OP2Oc3cc(S(C)(=O)=O)cc4cc(S(C)(=O)=O)cc(c34)O2)c(-c2cc(C)cc(C)c2OP2Oc3cc(S(C)(=O)=O)cc4cc(S(C)(=O)=O)cc(c34)O2)c1. The van der Waals surface area contributed by atoms with Crippen LogP contribution in [0.3, 0.4) is 0 Å². The van der Waals surface area contributed by atoms with Gasteiger partial charge in [-0.25, -0.2) is 33.7 Å². The predicted molar refractivity (Wildman–Crippen MR) is 229 cm³/mol. The van der Waals surface area contributed by atoms with Crippen molar-refractivity contribution in [2.75, 3.05) is 25.0 Å². The van der Waals surface area contributed by atoms with E-state index in [-0.39, 0.29) is 53.4 Å². The number of aryl methyl sites for hydroxylation is 4. The summed E-state index contributed by atoms with van der Waals surface area (Å²) in [5.74, 6) is 1.14. The Kier molecular flexibility index (Phi) is 10.1. The van der Waals surface area contributed by atoms with Gasteiger partial charge in [0.2, 0.25) is 0 Å². The van der Waals surface area contributed by atoms with E-state index in [1.54, 1.807) is 0 Å². The summed E-state index contributed by atoms with van der Waals surface area (Å²) >= 11 is 0. The minimum absolute atomic E-state index is 0.0873. The second-order valence-electron chi connectivity index (χ2n) is 14.9. The van der Waals surface area contributed by atoms with E-state index in [1.165, 1.54) is 48.5 Å². The fourth-order valence-electron chi connectivity index (χ4n) is 7.05.